The van der Waals surface area contributed by atoms with Gasteiger partial charge in [-0.05, 0) is 492 Å². The summed E-state index contributed by atoms with van der Waals surface area (Å²) in [5, 5.41) is 0. The van der Waals surface area contributed by atoms with Crippen LogP contribution >= 0.6 is 0 Å². The van der Waals surface area contributed by atoms with Gasteiger partial charge in [-0.25, -0.2) is 79.0 Å². The third-order valence-electron chi connectivity index (χ3n) is 38.7. The number of hydrogen-bond acceptors (Lipinski definition) is 0. The summed E-state index contributed by atoms with van der Waals surface area (Å²) in [7, 11) is 0. The first-order valence-electron chi connectivity index (χ1n) is 57.4. The van der Waals surface area contributed by atoms with E-state index in [4.69, 9.17) is 0 Å². The first kappa shape index (κ1) is 114. The fourth-order valence-electron chi connectivity index (χ4n) is 29.5. The normalized spacial score (nSPS) is 31.3. The second-order valence-corrected chi connectivity index (χ2v) is 47.4. The number of halogens is 18. The molecular formula is C125H170F18. The van der Waals surface area contributed by atoms with Crippen molar-refractivity contribution in [1.82, 2.24) is 0 Å². The Hall–Kier alpha value is -6.20. The Morgan fingerprint density at radius 3 is 0.545 bits per heavy atom. The highest BCUT2D eigenvalue weighted by molar-refractivity contribution is 5.30. The van der Waals surface area contributed by atoms with E-state index in [2.05, 4.69) is 47.3 Å². The van der Waals surface area contributed by atoms with Crippen molar-refractivity contribution in [2.45, 2.75) is 443 Å². The Balaban J connectivity index is 0.000000144. The van der Waals surface area contributed by atoms with Crippen molar-refractivity contribution < 1.29 is 79.0 Å². The Morgan fingerprint density at radius 1 is 0.196 bits per heavy atom. The lowest BCUT2D eigenvalue weighted by atomic mass is 9.68. The third kappa shape index (κ3) is 32.4. The van der Waals surface area contributed by atoms with Crippen molar-refractivity contribution in [3.63, 3.8) is 0 Å². The molecule has 143 heavy (non-hydrogen) atoms. The number of benzene rings is 6. The van der Waals surface area contributed by atoms with Crippen LogP contribution in [-0.4, -0.2) is 0 Å². The largest absolute Gasteiger partial charge is 0.204 e. The summed E-state index contributed by atoms with van der Waals surface area (Å²) in [4.78, 5) is 0. The summed E-state index contributed by atoms with van der Waals surface area (Å²) < 4.78 is 240. The lowest BCUT2D eigenvalue weighted by Crippen LogP contribution is -2.25. The van der Waals surface area contributed by atoms with Crippen LogP contribution in [0.5, 0.6) is 0 Å². The molecule has 18 rings (SSSR count). The Kier molecular flexibility index (Phi) is 45.1. The van der Waals surface area contributed by atoms with Gasteiger partial charge in [-0.1, -0.05) is 169 Å². The monoisotopic (exact) mass is 2010 g/mol. The van der Waals surface area contributed by atoms with Gasteiger partial charge in [0.1, 0.15) is 0 Å². The molecule has 12 fully saturated rings. The molecule has 0 heterocycles. The Labute approximate surface area is 846 Å². The van der Waals surface area contributed by atoms with Gasteiger partial charge in [-0.2, -0.15) is 0 Å². The van der Waals surface area contributed by atoms with Crippen molar-refractivity contribution in [1.29, 1.82) is 0 Å². The maximum Gasteiger partial charge on any atom is 0.194 e. The van der Waals surface area contributed by atoms with Crippen LogP contribution in [0, 0.1) is 211 Å². The second kappa shape index (κ2) is 56.6. The molecule has 0 bridgehead atoms. The molecule has 0 unspecified atom stereocenters. The summed E-state index contributed by atoms with van der Waals surface area (Å²) in [6, 6.07) is 14.3. The Morgan fingerprint density at radius 2 is 0.364 bits per heavy atom. The van der Waals surface area contributed by atoms with E-state index in [0.29, 0.717) is 39.3 Å². The fourth-order valence-corrected chi connectivity index (χ4v) is 29.5. The summed E-state index contributed by atoms with van der Waals surface area (Å²) in [6.07, 6.45) is 73.4. The van der Waals surface area contributed by atoms with Crippen molar-refractivity contribution >= 4 is 0 Å². The molecular weight excluding hydrogens is 1840 g/mol. The van der Waals surface area contributed by atoms with Crippen LogP contribution in [0.15, 0.2) is 85.5 Å². The van der Waals surface area contributed by atoms with Crippen molar-refractivity contribution in [2.75, 3.05) is 0 Å². The highest BCUT2D eigenvalue weighted by atomic mass is 19.2. The minimum atomic E-state index is -1.36. The third-order valence-corrected chi connectivity index (χ3v) is 38.7. The quantitative estimate of drug-likeness (QED) is 0.0260. The van der Waals surface area contributed by atoms with Gasteiger partial charge >= 0.3 is 0 Å². The molecule has 0 saturated heterocycles. The van der Waals surface area contributed by atoms with E-state index >= 15 is 0 Å². The predicted octanol–water partition coefficient (Wildman–Crippen LogP) is 41.3. The van der Waals surface area contributed by atoms with E-state index in [0.717, 1.165) is 255 Å². The van der Waals surface area contributed by atoms with Gasteiger partial charge in [-0.15, -0.1) is 6.58 Å². The molecule has 0 aromatic heterocycles. The van der Waals surface area contributed by atoms with Gasteiger partial charge in [0.25, 0.3) is 0 Å². The van der Waals surface area contributed by atoms with E-state index in [1.807, 2.05) is 0 Å². The van der Waals surface area contributed by atoms with Crippen molar-refractivity contribution in [3.05, 3.63) is 224 Å². The molecule has 6 aromatic rings. The van der Waals surface area contributed by atoms with E-state index in [1.54, 1.807) is 0 Å². The molecule has 12 saturated carbocycles. The first-order chi connectivity index (χ1) is 68.9. The molecule has 18 heteroatoms. The lowest BCUT2D eigenvalue weighted by molar-refractivity contribution is 0.155. The number of allylic oxidation sites excluding steroid dienone is 1. The highest BCUT2D eigenvalue weighted by Crippen LogP contribution is 2.53. The smallest absolute Gasteiger partial charge is 0.194 e. The zero-order valence-corrected chi connectivity index (χ0v) is 86.9. The molecule has 0 spiro atoms. The Bertz CT molecular complexity index is 4650. The van der Waals surface area contributed by atoms with Gasteiger partial charge in [0.15, 0.2) is 105 Å². The molecule has 6 aromatic carbocycles. The van der Waals surface area contributed by atoms with E-state index in [-0.39, 0.29) is 35.5 Å². The maximum atomic E-state index is 13.5. The minimum Gasteiger partial charge on any atom is -0.204 e. The van der Waals surface area contributed by atoms with Crippen LogP contribution in [0.3, 0.4) is 0 Å². The zero-order chi connectivity index (χ0) is 102. The van der Waals surface area contributed by atoms with Gasteiger partial charge in [0.05, 0.1) is 0 Å². The van der Waals surface area contributed by atoms with Crippen LogP contribution in [0.2, 0.25) is 0 Å². The number of rotatable bonds is 23. The van der Waals surface area contributed by atoms with Crippen LogP contribution in [0.1, 0.15) is 476 Å². The molecule has 12 aliphatic rings. The lowest BCUT2D eigenvalue weighted by Gasteiger charge is -2.38. The van der Waals surface area contributed by atoms with Crippen molar-refractivity contribution in [2.24, 2.45) is 107 Å². The van der Waals surface area contributed by atoms with Crippen LogP contribution in [0.4, 0.5) is 79.0 Å². The topological polar surface area (TPSA) is 0 Å². The number of unbranched alkanes of at least 4 members (excludes halogenated alkanes) is 3. The zero-order valence-electron chi connectivity index (χ0n) is 86.9. The molecule has 796 valence electrons. The first-order valence-corrected chi connectivity index (χ1v) is 57.4. The van der Waals surface area contributed by atoms with Crippen molar-refractivity contribution in [3.8, 4) is 0 Å². The average molecular weight is 2010 g/mol. The van der Waals surface area contributed by atoms with Gasteiger partial charge in [0, 0.05) is 0 Å². The molecule has 0 atom stereocenters. The molecule has 12 aliphatic carbocycles. The molecule has 0 aliphatic heterocycles. The van der Waals surface area contributed by atoms with E-state index in [1.165, 1.54) is 291 Å². The highest BCUT2D eigenvalue weighted by Gasteiger charge is 2.40. The maximum absolute atomic E-state index is 13.5. The van der Waals surface area contributed by atoms with Crippen LogP contribution in [-0.2, 0) is 0 Å². The summed E-state index contributed by atoms with van der Waals surface area (Å²) in [6.45, 7) is 15.3. The molecule has 0 amide bonds. The van der Waals surface area contributed by atoms with Gasteiger partial charge in [0.2, 0.25) is 0 Å². The van der Waals surface area contributed by atoms with Gasteiger partial charge < -0.3 is 0 Å². The van der Waals surface area contributed by atoms with Crippen LogP contribution < -0.4 is 0 Å². The van der Waals surface area contributed by atoms with Crippen LogP contribution in [0.25, 0.3) is 0 Å². The predicted molar refractivity (Wildman–Crippen MR) is 544 cm³/mol. The summed E-state index contributed by atoms with van der Waals surface area (Å²) >= 11 is 0. The molecule has 0 radical (unpaired) electrons. The molecule has 0 nitrogen and oxygen atoms in total. The SMILES string of the molecule is C=CC1CCC(C2CCC(c3cc(F)c(F)c(F)c3)CC2)CC1.CC1CCC(C2CCC(c3cc(F)c(F)c(F)c3)CC2)CC1.CCC1CCC(C2CCC(c3cc(F)c(F)c(F)c3)CC2)CC1.CCCC1CCC(C2CCC(c3cc(F)c(F)c(F)c3)CC2)CC1.CCCCC1CCC(C2CCC(c3cc(F)c(F)c(F)c3)CC2)CC1.CCCCCC1CCC(C2CCC(c3cc(F)c(F)c(F)c3)CC2)CC1. The summed E-state index contributed by atoms with van der Waals surface area (Å²) in [5.74, 6) is -4.74. The molecule has 0 N–H and O–H groups in total. The average Bonchev–Trinajstić information content (AvgIpc) is 0.828. The number of hydrogen-bond donors (Lipinski definition) is 0. The standard InChI is InChI=1S/C23H33F3.C22H31F3.C21H29F3.C20H27F3.C20H25F3.C19H25F3/c1-2-3-4-5-16-6-8-17(9-7-16)18-10-12-19(13-11-18)20-14-21(24)23(26)22(25)15-20;1-2-3-4-15-5-7-16(8-6-15)17-9-11-18(12-10-17)19-13-20(23)22(25)21(24)14-19;1-2-3-14-4-6-15(7-5-14)16-8-10-17(11-9-16)18-12-19(22)21(24)20(23)13-18;2*1-2-13-3-5-14(6-4-13)15-7-9-16(10-8-15)17-11-18(21)20(23)19(22)12-17;1-12-2-4-13(5-3-12)14-6-8-15(9-7-14)16-10-17(20)19(22)18(21)11-16/h14-19H,2-13H2,1H3;13-18H,2-12H2,1H3;12-17H,2-11H2,1H3;11-16H,2-10H2,1H3;2,11-16H,1,3-10H2;10-15H,2-9H2,1H3. The fraction of sp³-hybridized carbons (Fsp3) is 0.696. The van der Waals surface area contributed by atoms with E-state index < -0.39 is 105 Å². The van der Waals surface area contributed by atoms with E-state index in [9.17, 15) is 79.0 Å². The summed E-state index contributed by atoms with van der Waals surface area (Å²) in [5.41, 5.74) is 3.80. The minimum absolute atomic E-state index is 0.167. The second-order valence-electron chi connectivity index (χ2n) is 47.4. The van der Waals surface area contributed by atoms with Gasteiger partial charge in [-0.3, -0.25) is 0 Å².